The lowest BCUT2D eigenvalue weighted by molar-refractivity contribution is -0.136. The summed E-state index contributed by atoms with van der Waals surface area (Å²) < 4.78 is 5.49. The zero-order valence-corrected chi connectivity index (χ0v) is 22.1. The Kier molecular flexibility index (Phi) is 7.03. The van der Waals surface area contributed by atoms with Crippen molar-refractivity contribution in [2.75, 3.05) is 31.1 Å². The van der Waals surface area contributed by atoms with Gasteiger partial charge in [0.25, 0.3) is 5.91 Å². The molecule has 1 N–H and O–H groups in total. The number of imide groups is 1. The van der Waals surface area contributed by atoms with E-state index in [1.807, 2.05) is 46.8 Å². The van der Waals surface area contributed by atoms with Crippen LogP contribution < -0.4 is 10.2 Å². The van der Waals surface area contributed by atoms with Gasteiger partial charge >= 0.3 is 6.09 Å². The van der Waals surface area contributed by atoms with E-state index in [2.05, 4.69) is 16.3 Å². The summed E-state index contributed by atoms with van der Waals surface area (Å²) in [6, 6.07) is 5.31. The van der Waals surface area contributed by atoms with E-state index in [1.165, 1.54) is 0 Å². The van der Waals surface area contributed by atoms with Gasteiger partial charge < -0.3 is 19.4 Å². The molecule has 3 saturated heterocycles. The van der Waals surface area contributed by atoms with Gasteiger partial charge in [-0.05, 0) is 63.8 Å². The van der Waals surface area contributed by atoms with Crippen LogP contribution in [0.15, 0.2) is 18.2 Å². The number of hydrogen-bond donors (Lipinski definition) is 1. The predicted molar refractivity (Wildman–Crippen MR) is 136 cm³/mol. The maximum Gasteiger partial charge on any atom is 0.410 e. The molecule has 4 heterocycles. The Balaban J connectivity index is 0.00000148. The quantitative estimate of drug-likeness (QED) is 0.628. The summed E-state index contributed by atoms with van der Waals surface area (Å²) in [7, 11) is 0. The molecular formula is C27H38N4O5. The summed E-state index contributed by atoms with van der Waals surface area (Å²) in [5, 5.41) is 2.34. The second-order valence-corrected chi connectivity index (χ2v) is 11.1. The maximum atomic E-state index is 12.9. The number of ether oxygens (including phenoxy) is 1. The topological polar surface area (TPSA) is 99.3 Å². The molecule has 0 bridgehead atoms. The number of rotatable bonds is 2. The molecule has 4 aliphatic rings. The highest BCUT2D eigenvalue weighted by Gasteiger charge is 2.48. The van der Waals surface area contributed by atoms with Gasteiger partial charge in [0.1, 0.15) is 11.6 Å². The lowest BCUT2D eigenvalue weighted by Crippen LogP contribution is -2.62. The Hall–Kier alpha value is -3.10. The normalized spacial score (nSPS) is 23.0. The number of nitrogens with one attached hydrogen (secondary N) is 1. The second kappa shape index (κ2) is 9.75. The molecule has 9 nitrogen and oxygen atoms in total. The van der Waals surface area contributed by atoms with Crippen molar-refractivity contribution in [1.82, 2.24) is 15.1 Å². The van der Waals surface area contributed by atoms with E-state index in [9.17, 15) is 19.2 Å². The molecule has 3 fully saturated rings. The third-order valence-electron chi connectivity index (χ3n) is 7.40. The van der Waals surface area contributed by atoms with E-state index in [0.717, 1.165) is 50.3 Å². The molecule has 1 spiro atoms. The molecule has 1 aromatic carbocycles. The molecule has 4 aliphatic heterocycles. The Labute approximate surface area is 213 Å². The summed E-state index contributed by atoms with van der Waals surface area (Å²) in [6.07, 6.45) is 2.40. The molecular weight excluding hydrogens is 460 g/mol. The fraction of sp³-hybridized carbons (Fsp3) is 0.630. The van der Waals surface area contributed by atoms with E-state index in [-0.39, 0.29) is 35.7 Å². The standard InChI is InChI=1S/C25H32N4O5.C2H6/c1-24(2,3)34-23(33)28-14-25(15-28)8-10-27(11-9-25)17-4-5-18-16(12-17)13-29(22(18)32)19-6-7-20(30)26-21(19)31;1-2/h4-5,12,19H,6-11,13-15H2,1-3H3,(H,26,30,31);1-2H3. The Morgan fingerprint density at radius 2 is 1.75 bits per heavy atom. The number of piperidine rings is 2. The molecule has 196 valence electrons. The van der Waals surface area contributed by atoms with Crippen LogP contribution in [0, 0.1) is 5.41 Å². The van der Waals surface area contributed by atoms with Crippen molar-refractivity contribution in [3.8, 4) is 0 Å². The summed E-state index contributed by atoms with van der Waals surface area (Å²) in [5.74, 6) is -0.818. The van der Waals surface area contributed by atoms with Gasteiger partial charge in [-0.25, -0.2) is 4.79 Å². The van der Waals surface area contributed by atoms with Gasteiger partial charge in [0.15, 0.2) is 0 Å². The van der Waals surface area contributed by atoms with Gasteiger partial charge in [-0.3, -0.25) is 19.7 Å². The highest BCUT2D eigenvalue weighted by molar-refractivity contribution is 6.05. The number of carbonyl (C=O) groups is 4. The third kappa shape index (κ3) is 5.06. The molecule has 4 amide bonds. The van der Waals surface area contributed by atoms with Crippen LogP contribution in [0.3, 0.4) is 0 Å². The fourth-order valence-electron chi connectivity index (χ4n) is 5.53. The number of likely N-dealkylation sites (tertiary alicyclic amines) is 1. The van der Waals surface area contributed by atoms with Crippen LogP contribution in [-0.4, -0.2) is 71.4 Å². The monoisotopic (exact) mass is 498 g/mol. The first kappa shape index (κ1) is 26.0. The SMILES string of the molecule is CC.CC(C)(C)OC(=O)N1CC2(CCN(c3ccc4c(c3)CN(C3CCC(=O)NC3=O)C4=O)CC2)C1. The third-order valence-corrected chi connectivity index (χ3v) is 7.40. The Morgan fingerprint density at radius 1 is 1.08 bits per heavy atom. The van der Waals surface area contributed by atoms with Gasteiger partial charge in [0.05, 0.1) is 0 Å². The second-order valence-electron chi connectivity index (χ2n) is 11.1. The molecule has 0 aliphatic carbocycles. The minimum absolute atomic E-state index is 0.148. The van der Waals surface area contributed by atoms with Crippen LogP contribution in [0.2, 0.25) is 0 Å². The number of hydrogen-bond acceptors (Lipinski definition) is 6. The molecule has 1 unspecified atom stereocenters. The summed E-state index contributed by atoms with van der Waals surface area (Å²) in [6.45, 7) is 13.3. The van der Waals surface area contributed by atoms with Crippen LogP contribution in [0.1, 0.15) is 76.2 Å². The first-order valence-corrected chi connectivity index (χ1v) is 13.0. The highest BCUT2D eigenvalue weighted by Crippen LogP contribution is 2.42. The van der Waals surface area contributed by atoms with Crippen molar-refractivity contribution in [3.05, 3.63) is 29.3 Å². The summed E-state index contributed by atoms with van der Waals surface area (Å²) in [4.78, 5) is 54.6. The number of benzene rings is 1. The van der Waals surface area contributed by atoms with Gasteiger partial charge in [-0.2, -0.15) is 0 Å². The predicted octanol–water partition coefficient (Wildman–Crippen LogP) is 3.31. The van der Waals surface area contributed by atoms with E-state index in [4.69, 9.17) is 4.74 Å². The van der Waals surface area contributed by atoms with Crippen LogP contribution in [-0.2, 0) is 20.9 Å². The first-order valence-electron chi connectivity index (χ1n) is 13.0. The average molecular weight is 499 g/mol. The van der Waals surface area contributed by atoms with Crippen LogP contribution in [0.5, 0.6) is 0 Å². The van der Waals surface area contributed by atoms with Crippen molar-refractivity contribution >= 4 is 29.5 Å². The average Bonchev–Trinajstić information content (AvgIpc) is 3.13. The van der Waals surface area contributed by atoms with Gasteiger partial charge in [0, 0.05) is 55.8 Å². The summed E-state index contributed by atoms with van der Waals surface area (Å²) in [5.41, 5.74) is 2.32. The van der Waals surface area contributed by atoms with Crippen molar-refractivity contribution in [3.63, 3.8) is 0 Å². The summed E-state index contributed by atoms with van der Waals surface area (Å²) >= 11 is 0. The van der Waals surface area contributed by atoms with Gasteiger partial charge in [-0.15, -0.1) is 0 Å². The molecule has 0 radical (unpaired) electrons. The molecule has 9 heteroatoms. The minimum atomic E-state index is -0.595. The number of fused-ring (bicyclic) bond motifs is 1. The molecule has 0 saturated carbocycles. The van der Waals surface area contributed by atoms with E-state index in [0.29, 0.717) is 18.5 Å². The van der Waals surface area contributed by atoms with Crippen molar-refractivity contribution in [2.24, 2.45) is 5.41 Å². The maximum absolute atomic E-state index is 12.9. The largest absolute Gasteiger partial charge is 0.444 e. The molecule has 0 aromatic heterocycles. The lowest BCUT2D eigenvalue weighted by Gasteiger charge is -2.54. The van der Waals surface area contributed by atoms with Crippen LogP contribution in [0.4, 0.5) is 10.5 Å². The molecule has 5 rings (SSSR count). The van der Waals surface area contributed by atoms with Gasteiger partial charge in [0.2, 0.25) is 11.8 Å². The van der Waals surface area contributed by atoms with E-state index < -0.39 is 11.6 Å². The van der Waals surface area contributed by atoms with E-state index >= 15 is 0 Å². The van der Waals surface area contributed by atoms with Crippen molar-refractivity contribution < 1.29 is 23.9 Å². The zero-order valence-electron chi connectivity index (χ0n) is 22.1. The number of amides is 4. The molecule has 36 heavy (non-hydrogen) atoms. The van der Waals surface area contributed by atoms with Crippen molar-refractivity contribution in [2.45, 2.75) is 78.5 Å². The number of carbonyl (C=O) groups excluding carboxylic acids is 4. The number of nitrogens with zero attached hydrogens (tertiary/aromatic N) is 3. The molecule has 1 atom stereocenters. The smallest absolute Gasteiger partial charge is 0.410 e. The highest BCUT2D eigenvalue weighted by atomic mass is 16.6. The van der Waals surface area contributed by atoms with Crippen molar-refractivity contribution in [1.29, 1.82) is 0 Å². The fourth-order valence-corrected chi connectivity index (χ4v) is 5.53. The van der Waals surface area contributed by atoms with Gasteiger partial charge in [-0.1, -0.05) is 13.8 Å². The minimum Gasteiger partial charge on any atom is -0.444 e. The Bertz CT molecular complexity index is 1050. The molecule has 1 aromatic rings. The van der Waals surface area contributed by atoms with E-state index in [1.54, 1.807) is 9.80 Å². The van der Waals surface area contributed by atoms with Crippen LogP contribution in [0.25, 0.3) is 0 Å². The lowest BCUT2D eigenvalue weighted by atomic mass is 9.72. The Morgan fingerprint density at radius 3 is 2.36 bits per heavy atom. The first-order chi connectivity index (χ1) is 17.0. The van der Waals surface area contributed by atoms with Crippen LogP contribution >= 0.6 is 0 Å². The zero-order chi connectivity index (χ0) is 26.3. The number of anilines is 1.